The van der Waals surface area contributed by atoms with E-state index >= 15 is 0 Å². The number of carbonyl (C=O) groups is 1. The van der Waals surface area contributed by atoms with E-state index in [1.165, 1.54) is 0 Å². The molecular weight excluding hydrogens is 168 g/mol. The average Bonchev–Trinajstić information content (AvgIpc) is 2.11. The Morgan fingerprint density at radius 3 is 2.27 bits per heavy atom. The van der Waals surface area contributed by atoms with E-state index in [1.807, 2.05) is 0 Å². The third-order valence-corrected chi connectivity index (χ3v) is 1.28. The Bertz CT molecular complexity index is 250. The number of nitrogens with two attached hydrogens (primary N) is 1. The highest BCUT2D eigenvalue weighted by Crippen LogP contribution is 2.09. The van der Waals surface area contributed by atoms with E-state index in [1.54, 1.807) is 13.8 Å². The van der Waals surface area contributed by atoms with Gasteiger partial charge in [0.25, 0.3) is 5.91 Å². The van der Waals surface area contributed by atoms with Gasteiger partial charge < -0.3 is 10.3 Å². The Labute approximate surface area is 70.1 Å². The van der Waals surface area contributed by atoms with Gasteiger partial charge in [0.1, 0.15) is 11.3 Å². The number of aromatic nitrogens is 1. The van der Waals surface area contributed by atoms with Crippen LogP contribution in [0.5, 0.6) is 0 Å². The van der Waals surface area contributed by atoms with Crippen molar-refractivity contribution in [2.45, 2.75) is 13.8 Å². The zero-order valence-electron chi connectivity index (χ0n) is 6.25. The lowest BCUT2D eigenvalue weighted by Crippen LogP contribution is -2.12. The molecule has 1 aromatic rings. The lowest BCUT2D eigenvalue weighted by molar-refractivity contribution is 0.0998. The molecule has 0 bridgehead atoms. The molecule has 0 aromatic carbocycles. The number of primary amides is 1. The minimum Gasteiger partial charge on any atom is -0.365 e. The molecule has 0 aliphatic carbocycles. The zero-order chi connectivity index (χ0) is 7.72. The molecule has 62 valence electrons. The number of rotatable bonds is 1. The molecule has 0 saturated heterocycles. The molecule has 1 heterocycles. The van der Waals surface area contributed by atoms with Crippen LogP contribution in [0.2, 0.25) is 0 Å². The van der Waals surface area contributed by atoms with Crippen molar-refractivity contribution >= 4 is 18.3 Å². The Morgan fingerprint density at radius 1 is 1.55 bits per heavy atom. The summed E-state index contributed by atoms with van der Waals surface area (Å²) in [5.41, 5.74) is 5.96. The van der Waals surface area contributed by atoms with Crippen molar-refractivity contribution in [3.8, 4) is 0 Å². The van der Waals surface area contributed by atoms with Gasteiger partial charge in [-0.15, -0.1) is 12.4 Å². The Hall–Kier alpha value is -1.03. The predicted octanol–water partition coefficient (Wildman–Crippen LogP) is 0.812. The van der Waals surface area contributed by atoms with Crippen molar-refractivity contribution in [1.82, 2.24) is 5.16 Å². The van der Waals surface area contributed by atoms with Gasteiger partial charge in [-0.3, -0.25) is 4.79 Å². The molecule has 0 saturated carbocycles. The second-order valence-corrected chi connectivity index (χ2v) is 2.06. The summed E-state index contributed by atoms with van der Waals surface area (Å²) in [4.78, 5) is 10.6. The Morgan fingerprint density at radius 2 is 2.09 bits per heavy atom. The summed E-state index contributed by atoms with van der Waals surface area (Å²) in [5.74, 6) is -0.0127. The van der Waals surface area contributed by atoms with Crippen LogP contribution in [0.25, 0.3) is 0 Å². The second-order valence-electron chi connectivity index (χ2n) is 2.06. The van der Waals surface area contributed by atoms with Crippen molar-refractivity contribution in [3.05, 3.63) is 17.0 Å². The quantitative estimate of drug-likeness (QED) is 0.689. The van der Waals surface area contributed by atoms with Gasteiger partial charge in [0.15, 0.2) is 0 Å². The fraction of sp³-hybridized carbons (Fsp3) is 0.333. The molecule has 5 heteroatoms. The maximum atomic E-state index is 10.6. The number of halogens is 1. The van der Waals surface area contributed by atoms with Crippen LogP contribution in [0.1, 0.15) is 21.8 Å². The van der Waals surface area contributed by atoms with Crippen LogP contribution in [0.15, 0.2) is 4.52 Å². The predicted molar refractivity (Wildman–Crippen MR) is 41.7 cm³/mol. The molecule has 4 nitrogen and oxygen atoms in total. The molecule has 2 N–H and O–H groups in total. The summed E-state index contributed by atoms with van der Waals surface area (Å²) in [5, 5.41) is 3.56. The number of hydrogen-bond donors (Lipinski definition) is 1. The van der Waals surface area contributed by atoms with Crippen LogP contribution in [0.4, 0.5) is 0 Å². The standard InChI is InChI=1S/C6H8N2O2.ClH/c1-3-5(6(7)9)4(2)10-8-3;/h1-2H3,(H2,7,9);1H. The molecule has 0 unspecified atom stereocenters. The highest BCUT2D eigenvalue weighted by molar-refractivity contribution is 5.94. The first-order chi connectivity index (χ1) is 4.63. The lowest BCUT2D eigenvalue weighted by Gasteiger charge is -1.88. The van der Waals surface area contributed by atoms with Crippen molar-refractivity contribution in [3.63, 3.8) is 0 Å². The van der Waals surface area contributed by atoms with Gasteiger partial charge >= 0.3 is 0 Å². The van der Waals surface area contributed by atoms with Crippen molar-refractivity contribution in [2.75, 3.05) is 0 Å². The van der Waals surface area contributed by atoms with Gasteiger partial charge in [0.05, 0.1) is 5.69 Å². The van der Waals surface area contributed by atoms with Crippen LogP contribution in [0.3, 0.4) is 0 Å². The summed E-state index contributed by atoms with van der Waals surface area (Å²) in [7, 11) is 0. The normalized spacial score (nSPS) is 8.91. The van der Waals surface area contributed by atoms with Gasteiger partial charge in [0.2, 0.25) is 0 Å². The summed E-state index contributed by atoms with van der Waals surface area (Å²) in [6.45, 7) is 3.33. The molecule has 1 amide bonds. The van der Waals surface area contributed by atoms with Gasteiger partial charge in [-0.05, 0) is 13.8 Å². The number of nitrogens with zero attached hydrogens (tertiary/aromatic N) is 1. The van der Waals surface area contributed by atoms with E-state index in [2.05, 4.69) is 5.16 Å². The third-order valence-electron chi connectivity index (χ3n) is 1.28. The van der Waals surface area contributed by atoms with Crippen LogP contribution in [-0.4, -0.2) is 11.1 Å². The maximum Gasteiger partial charge on any atom is 0.254 e. The smallest absolute Gasteiger partial charge is 0.254 e. The monoisotopic (exact) mass is 176 g/mol. The molecule has 1 aromatic heterocycles. The highest BCUT2D eigenvalue weighted by Gasteiger charge is 2.13. The largest absolute Gasteiger partial charge is 0.365 e. The molecule has 0 atom stereocenters. The second kappa shape index (κ2) is 3.39. The molecule has 0 fully saturated rings. The van der Waals surface area contributed by atoms with Gasteiger partial charge in [-0.1, -0.05) is 5.16 Å². The van der Waals surface area contributed by atoms with E-state index in [4.69, 9.17) is 10.3 Å². The van der Waals surface area contributed by atoms with E-state index in [0.29, 0.717) is 17.0 Å². The summed E-state index contributed by atoms with van der Waals surface area (Å²) in [6.07, 6.45) is 0. The van der Waals surface area contributed by atoms with Gasteiger partial charge in [-0.2, -0.15) is 0 Å². The molecule has 0 aliphatic heterocycles. The zero-order valence-corrected chi connectivity index (χ0v) is 7.07. The summed E-state index contributed by atoms with van der Waals surface area (Å²) in [6, 6.07) is 0. The minimum atomic E-state index is -0.490. The van der Waals surface area contributed by atoms with E-state index in [-0.39, 0.29) is 12.4 Å². The highest BCUT2D eigenvalue weighted by atomic mass is 35.5. The van der Waals surface area contributed by atoms with E-state index in [9.17, 15) is 4.79 Å². The summed E-state index contributed by atoms with van der Waals surface area (Å²) < 4.78 is 4.71. The lowest BCUT2D eigenvalue weighted by atomic mass is 10.2. The Kier molecular flexibility index (Phi) is 3.07. The molecule has 0 radical (unpaired) electrons. The summed E-state index contributed by atoms with van der Waals surface area (Å²) >= 11 is 0. The number of carbonyl (C=O) groups excluding carboxylic acids is 1. The topological polar surface area (TPSA) is 69.1 Å². The first-order valence-electron chi connectivity index (χ1n) is 2.85. The fourth-order valence-corrected chi connectivity index (χ4v) is 0.835. The van der Waals surface area contributed by atoms with Crippen LogP contribution >= 0.6 is 12.4 Å². The van der Waals surface area contributed by atoms with Crippen molar-refractivity contribution in [2.24, 2.45) is 5.73 Å². The van der Waals surface area contributed by atoms with Crippen LogP contribution < -0.4 is 5.73 Å². The average molecular weight is 177 g/mol. The van der Waals surface area contributed by atoms with Crippen molar-refractivity contribution < 1.29 is 9.32 Å². The van der Waals surface area contributed by atoms with Crippen molar-refractivity contribution in [1.29, 1.82) is 0 Å². The first-order valence-corrected chi connectivity index (χ1v) is 2.85. The molecule has 0 spiro atoms. The SMILES string of the molecule is Cc1noc(C)c1C(N)=O.Cl. The third kappa shape index (κ3) is 1.71. The number of hydrogen-bond acceptors (Lipinski definition) is 3. The molecular formula is C6H9ClN2O2. The molecule has 1 rings (SSSR count). The first kappa shape index (κ1) is 9.97. The number of amides is 1. The minimum absolute atomic E-state index is 0. The number of aryl methyl sites for hydroxylation is 2. The van der Waals surface area contributed by atoms with E-state index in [0.717, 1.165) is 0 Å². The molecule has 11 heavy (non-hydrogen) atoms. The Balaban J connectivity index is 0.000001000. The van der Waals surface area contributed by atoms with Crippen LogP contribution in [0, 0.1) is 13.8 Å². The van der Waals surface area contributed by atoms with E-state index < -0.39 is 5.91 Å². The van der Waals surface area contributed by atoms with Gasteiger partial charge in [-0.25, -0.2) is 0 Å². The van der Waals surface area contributed by atoms with Gasteiger partial charge in [0, 0.05) is 0 Å². The van der Waals surface area contributed by atoms with Crippen LogP contribution in [-0.2, 0) is 0 Å². The fourth-order valence-electron chi connectivity index (χ4n) is 0.835. The maximum absolute atomic E-state index is 10.6. The molecule has 0 aliphatic rings.